The third kappa shape index (κ3) is 6.25. The molecule has 1 aromatic heterocycles. The number of halogens is 2. The van der Waals surface area contributed by atoms with Crippen LogP contribution >= 0.6 is 24.0 Å². The fraction of sp³-hybridized carbons (Fsp3) is 0.318. The van der Waals surface area contributed by atoms with Crippen molar-refractivity contribution in [1.82, 2.24) is 15.6 Å². The molecule has 2 aromatic carbocycles. The lowest BCUT2D eigenvalue weighted by Gasteiger charge is -2.12. The summed E-state index contributed by atoms with van der Waals surface area (Å²) in [5, 5.41) is 17.1. The maximum absolute atomic E-state index is 13.5. The Morgan fingerprint density at radius 1 is 1.17 bits per heavy atom. The number of aliphatic imine (C=N–C) groups is 1. The summed E-state index contributed by atoms with van der Waals surface area (Å²) in [5.41, 5.74) is 3.04. The second-order valence-corrected chi connectivity index (χ2v) is 6.70. The third-order valence-electron chi connectivity index (χ3n) is 4.68. The van der Waals surface area contributed by atoms with Crippen molar-refractivity contribution in [3.05, 3.63) is 59.5 Å². The highest BCUT2D eigenvalue weighted by molar-refractivity contribution is 14.0. The van der Waals surface area contributed by atoms with Gasteiger partial charge in [0.25, 0.3) is 0 Å². The number of nitrogens with one attached hydrogen (secondary N) is 3. The molecule has 0 saturated carbocycles. The molecule has 0 bridgehead atoms. The average molecular weight is 526 g/mol. The minimum atomic E-state index is -0.234. The van der Waals surface area contributed by atoms with Crippen LogP contribution in [0.5, 0.6) is 11.5 Å². The molecule has 0 aliphatic rings. The van der Waals surface area contributed by atoms with Crippen LogP contribution in [0.3, 0.4) is 0 Å². The number of hydrogen-bond acceptors (Lipinski definition) is 3. The van der Waals surface area contributed by atoms with Crippen molar-refractivity contribution in [2.45, 2.75) is 19.8 Å². The largest absolute Gasteiger partial charge is 0.504 e. The summed E-state index contributed by atoms with van der Waals surface area (Å²) >= 11 is 0. The first-order chi connectivity index (χ1) is 14.1. The van der Waals surface area contributed by atoms with Gasteiger partial charge < -0.3 is 25.5 Å². The lowest BCUT2D eigenvalue weighted by Crippen LogP contribution is -2.38. The van der Waals surface area contributed by atoms with E-state index in [-0.39, 0.29) is 35.5 Å². The molecule has 0 radical (unpaired) electrons. The van der Waals surface area contributed by atoms with E-state index in [0.717, 1.165) is 47.4 Å². The highest BCUT2D eigenvalue weighted by atomic mass is 127. The normalized spacial score (nSPS) is 11.2. The molecular weight excluding hydrogens is 498 g/mol. The van der Waals surface area contributed by atoms with E-state index < -0.39 is 0 Å². The van der Waals surface area contributed by atoms with Gasteiger partial charge in [-0.05, 0) is 61.2 Å². The van der Waals surface area contributed by atoms with E-state index in [1.54, 1.807) is 18.2 Å². The minimum absolute atomic E-state index is 0. The number of phenolic OH excluding ortho intramolecular Hbond substituents is 1. The van der Waals surface area contributed by atoms with Crippen LogP contribution in [0.1, 0.15) is 18.1 Å². The summed E-state index contributed by atoms with van der Waals surface area (Å²) in [6.07, 6.45) is 3.40. The maximum atomic E-state index is 13.5. The quantitative estimate of drug-likeness (QED) is 0.204. The summed E-state index contributed by atoms with van der Waals surface area (Å²) in [6.45, 7) is 4.06. The van der Waals surface area contributed by atoms with Crippen molar-refractivity contribution < 1.29 is 14.2 Å². The number of aromatic amines is 1. The van der Waals surface area contributed by atoms with E-state index >= 15 is 0 Å². The van der Waals surface area contributed by atoms with E-state index in [1.807, 2.05) is 25.3 Å². The number of hydrogen-bond donors (Lipinski definition) is 4. The van der Waals surface area contributed by atoms with Gasteiger partial charge in [0.1, 0.15) is 5.82 Å². The Bertz CT molecular complexity index is 990. The van der Waals surface area contributed by atoms with E-state index in [4.69, 9.17) is 4.74 Å². The van der Waals surface area contributed by atoms with Gasteiger partial charge in [-0.2, -0.15) is 0 Å². The summed E-state index contributed by atoms with van der Waals surface area (Å²) in [5.74, 6) is 1.11. The number of fused-ring (bicyclic) bond motifs is 1. The first kappa shape index (κ1) is 23.8. The molecule has 0 aliphatic heterocycles. The predicted octanol–water partition coefficient (Wildman–Crippen LogP) is 3.98. The lowest BCUT2D eigenvalue weighted by atomic mass is 10.1. The zero-order valence-electron chi connectivity index (χ0n) is 17.2. The van der Waals surface area contributed by atoms with Crippen LogP contribution in [0.25, 0.3) is 10.9 Å². The number of guanidine groups is 1. The van der Waals surface area contributed by atoms with Gasteiger partial charge in [-0.3, -0.25) is 4.99 Å². The van der Waals surface area contributed by atoms with E-state index in [9.17, 15) is 9.50 Å². The second-order valence-electron chi connectivity index (χ2n) is 6.70. The van der Waals surface area contributed by atoms with Gasteiger partial charge in [0, 0.05) is 36.7 Å². The SMILES string of the molecule is CCNC(=NCCc1c[nH]c2ccc(F)cc12)NCCc1ccc(O)c(OC)c1.I. The fourth-order valence-electron chi connectivity index (χ4n) is 3.19. The molecule has 0 amide bonds. The van der Waals surface area contributed by atoms with Crippen LogP contribution in [-0.2, 0) is 12.8 Å². The third-order valence-corrected chi connectivity index (χ3v) is 4.68. The standard InChI is InChI=1S/C22H27FN4O2.HI/c1-3-24-22(25-10-8-15-4-7-20(28)21(12-15)29-2)26-11-9-16-14-27-19-6-5-17(23)13-18(16)19;/h4-7,12-14,27-28H,3,8-11H2,1-2H3,(H2,24,25,26);1H. The number of benzene rings is 2. The average Bonchev–Trinajstić information content (AvgIpc) is 3.11. The van der Waals surface area contributed by atoms with Crippen molar-refractivity contribution >= 4 is 40.8 Å². The van der Waals surface area contributed by atoms with Crippen molar-refractivity contribution in [3.8, 4) is 11.5 Å². The Hall–Kier alpha value is -2.49. The molecule has 0 spiro atoms. The van der Waals surface area contributed by atoms with E-state index in [2.05, 4.69) is 20.6 Å². The number of methoxy groups -OCH3 is 1. The fourth-order valence-corrected chi connectivity index (χ4v) is 3.19. The number of rotatable bonds is 8. The molecule has 0 saturated heterocycles. The molecule has 6 nitrogen and oxygen atoms in total. The lowest BCUT2D eigenvalue weighted by molar-refractivity contribution is 0.373. The smallest absolute Gasteiger partial charge is 0.191 e. The molecular formula is C22H28FIN4O2. The second kappa shape index (κ2) is 11.6. The van der Waals surface area contributed by atoms with Gasteiger partial charge in [0.05, 0.1) is 7.11 Å². The van der Waals surface area contributed by atoms with E-state index in [0.29, 0.717) is 18.8 Å². The Labute approximate surface area is 193 Å². The molecule has 0 aliphatic carbocycles. The van der Waals surface area contributed by atoms with Crippen molar-refractivity contribution in [2.75, 3.05) is 26.7 Å². The van der Waals surface area contributed by atoms with Gasteiger partial charge in [-0.25, -0.2) is 4.39 Å². The summed E-state index contributed by atoms with van der Waals surface area (Å²) in [6, 6.07) is 10.1. The number of aromatic hydroxyl groups is 1. The Morgan fingerprint density at radius 2 is 2.00 bits per heavy atom. The summed E-state index contributed by atoms with van der Waals surface area (Å²) in [4.78, 5) is 7.79. The zero-order chi connectivity index (χ0) is 20.6. The highest BCUT2D eigenvalue weighted by Crippen LogP contribution is 2.26. The molecule has 4 N–H and O–H groups in total. The Balaban J connectivity index is 0.00000320. The van der Waals surface area contributed by atoms with Crippen LogP contribution in [0, 0.1) is 5.82 Å². The number of ether oxygens (including phenoxy) is 1. The van der Waals surface area contributed by atoms with Crippen LogP contribution in [-0.4, -0.2) is 42.8 Å². The first-order valence-electron chi connectivity index (χ1n) is 9.74. The first-order valence-corrected chi connectivity index (χ1v) is 9.74. The molecule has 0 fully saturated rings. The number of aromatic nitrogens is 1. The molecule has 162 valence electrons. The molecule has 0 unspecified atom stereocenters. The van der Waals surface area contributed by atoms with Gasteiger partial charge in [0.15, 0.2) is 17.5 Å². The number of H-pyrrole nitrogens is 1. The van der Waals surface area contributed by atoms with Crippen LogP contribution < -0.4 is 15.4 Å². The van der Waals surface area contributed by atoms with Crippen molar-refractivity contribution in [1.29, 1.82) is 0 Å². The van der Waals surface area contributed by atoms with Crippen LogP contribution in [0.15, 0.2) is 47.6 Å². The number of nitrogens with zero attached hydrogens (tertiary/aromatic N) is 1. The summed E-state index contributed by atoms with van der Waals surface area (Å²) < 4.78 is 18.7. The van der Waals surface area contributed by atoms with Crippen LogP contribution in [0.2, 0.25) is 0 Å². The van der Waals surface area contributed by atoms with Crippen molar-refractivity contribution in [3.63, 3.8) is 0 Å². The molecule has 30 heavy (non-hydrogen) atoms. The topological polar surface area (TPSA) is 81.7 Å². The minimum Gasteiger partial charge on any atom is -0.504 e. The number of phenols is 1. The molecule has 3 rings (SSSR count). The summed E-state index contributed by atoms with van der Waals surface area (Å²) in [7, 11) is 1.54. The van der Waals surface area contributed by atoms with Gasteiger partial charge >= 0.3 is 0 Å². The monoisotopic (exact) mass is 526 g/mol. The van der Waals surface area contributed by atoms with E-state index in [1.165, 1.54) is 13.2 Å². The zero-order valence-corrected chi connectivity index (χ0v) is 19.5. The Kier molecular flexibility index (Phi) is 9.22. The van der Waals surface area contributed by atoms with Crippen LogP contribution in [0.4, 0.5) is 4.39 Å². The Morgan fingerprint density at radius 3 is 2.77 bits per heavy atom. The molecule has 1 heterocycles. The molecule has 3 aromatic rings. The van der Waals surface area contributed by atoms with Gasteiger partial charge in [0.2, 0.25) is 0 Å². The predicted molar refractivity (Wildman–Crippen MR) is 130 cm³/mol. The maximum Gasteiger partial charge on any atom is 0.191 e. The molecule has 0 atom stereocenters. The highest BCUT2D eigenvalue weighted by Gasteiger charge is 2.06. The molecule has 8 heteroatoms. The van der Waals surface area contributed by atoms with Crippen molar-refractivity contribution in [2.24, 2.45) is 4.99 Å². The van der Waals surface area contributed by atoms with Gasteiger partial charge in [-0.1, -0.05) is 6.07 Å². The van der Waals surface area contributed by atoms with Gasteiger partial charge in [-0.15, -0.1) is 24.0 Å².